The number of halogens is 1. The highest BCUT2D eigenvalue weighted by atomic mass is 127. The third-order valence-electron chi connectivity index (χ3n) is 3.01. The van der Waals surface area contributed by atoms with Gasteiger partial charge in [-0.05, 0) is 47.6 Å². The van der Waals surface area contributed by atoms with E-state index in [0.29, 0.717) is 5.41 Å². The molecule has 1 aromatic carbocycles. The highest BCUT2D eigenvalue weighted by Crippen LogP contribution is 2.58. The molecule has 13 heavy (non-hydrogen) atoms. The van der Waals surface area contributed by atoms with Gasteiger partial charge in [0.2, 0.25) is 0 Å². The van der Waals surface area contributed by atoms with Crippen LogP contribution in [-0.4, -0.2) is 6.61 Å². The molecule has 1 fully saturated rings. The molecule has 2 N–H and O–H groups in total. The molecule has 1 heterocycles. The molecule has 0 unspecified atom stereocenters. The first-order valence-electron chi connectivity index (χ1n) is 4.44. The second kappa shape index (κ2) is 2.32. The van der Waals surface area contributed by atoms with Crippen molar-refractivity contribution >= 4 is 28.3 Å². The quantitative estimate of drug-likeness (QED) is 0.587. The van der Waals surface area contributed by atoms with Crippen molar-refractivity contribution in [2.24, 2.45) is 0 Å². The highest BCUT2D eigenvalue weighted by molar-refractivity contribution is 14.1. The molecule has 1 aliphatic heterocycles. The van der Waals surface area contributed by atoms with E-state index < -0.39 is 0 Å². The Morgan fingerprint density at radius 1 is 1.38 bits per heavy atom. The van der Waals surface area contributed by atoms with E-state index in [1.165, 1.54) is 22.0 Å². The lowest BCUT2D eigenvalue weighted by molar-refractivity contribution is 0.325. The normalized spacial score (nSPS) is 21.3. The minimum absolute atomic E-state index is 0.348. The lowest BCUT2D eigenvalue weighted by Crippen LogP contribution is -2.08. The van der Waals surface area contributed by atoms with Gasteiger partial charge in [-0.25, -0.2) is 0 Å². The first kappa shape index (κ1) is 7.91. The molecule has 1 aliphatic carbocycles. The smallest absolute Gasteiger partial charge is 0.147 e. The molecule has 0 radical (unpaired) electrons. The van der Waals surface area contributed by atoms with E-state index in [0.717, 1.165) is 18.0 Å². The number of hydrogen-bond donors (Lipinski definition) is 1. The van der Waals surface area contributed by atoms with Gasteiger partial charge in [0.1, 0.15) is 5.75 Å². The fourth-order valence-corrected chi connectivity index (χ4v) is 3.05. The van der Waals surface area contributed by atoms with Crippen molar-refractivity contribution in [2.75, 3.05) is 12.3 Å². The van der Waals surface area contributed by atoms with Crippen LogP contribution in [0.1, 0.15) is 18.4 Å². The number of hydrogen-bond acceptors (Lipinski definition) is 2. The third-order valence-corrected chi connectivity index (χ3v) is 3.91. The molecule has 1 aromatic rings. The Labute approximate surface area is 90.6 Å². The van der Waals surface area contributed by atoms with Crippen LogP contribution in [0.4, 0.5) is 5.69 Å². The number of fused-ring (bicyclic) bond motifs is 2. The average molecular weight is 287 g/mol. The van der Waals surface area contributed by atoms with Crippen LogP contribution in [0.3, 0.4) is 0 Å². The van der Waals surface area contributed by atoms with Crippen LogP contribution in [-0.2, 0) is 5.41 Å². The molecule has 0 bridgehead atoms. The van der Waals surface area contributed by atoms with Gasteiger partial charge >= 0.3 is 0 Å². The lowest BCUT2D eigenvalue weighted by atomic mass is 9.98. The second-order valence-corrected chi connectivity index (χ2v) is 5.07. The monoisotopic (exact) mass is 287 g/mol. The SMILES string of the molecule is Nc1ccc(I)c2c1OCC21CC1. The molecule has 0 amide bonds. The first-order chi connectivity index (χ1) is 6.23. The van der Waals surface area contributed by atoms with Gasteiger partial charge in [-0.3, -0.25) is 0 Å². The summed E-state index contributed by atoms with van der Waals surface area (Å²) in [4.78, 5) is 0. The van der Waals surface area contributed by atoms with Crippen molar-refractivity contribution in [1.29, 1.82) is 0 Å². The molecular formula is C10H10INO. The summed E-state index contributed by atoms with van der Waals surface area (Å²) in [5, 5.41) is 0. The molecule has 1 spiro atoms. The van der Waals surface area contributed by atoms with E-state index in [1.807, 2.05) is 6.07 Å². The Balaban J connectivity index is 2.28. The molecule has 3 rings (SSSR count). The molecule has 0 aromatic heterocycles. The number of nitrogens with two attached hydrogens (primary N) is 1. The molecule has 0 saturated heterocycles. The van der Waals surface area contributed by atoms with Gasteiger partial charge in [-0.2, -0.15) is 0 Å². The van der Waals surface area contributed by atoms with E-state index in [4.69, 9.17) is 10.5 Å². The Morgan fingerprint density at radius 3 is 2.85 bits per heavy atom. The van der Waals surface area contributed by atoms with Gasteiger partial charge in [-0.15, -0.1) is 0 Å². The summed E-state index contributed by atoms with van der Waals surface area (Å²) in [6.45, 7) is 0.840. The molecule has 0 atom stereocenters. The van der Waals surface area contributed by atoms with Crippen molar-refractivity contribution in [2.45, 2.75) is 18.3 Å². The number of nitrogen functional groups attached to an aromatic ring is 1. The second-order valence-electron chi connectivity index (χ2n) is 3.91. The fraction of sp³-hybridized carbons (Fsp3) is 0.400. The minimum atomic E-state index is 0.348. The van der Waals surface area contributed by atoms with Crippen LogP contribution in [0.5, 0.6) is 5.75 Å². The van der Waals surface area contributed by atoms with Crippen LogP contribution < -0.4 is 10.5 Å². The van der Waals surface area contributed by atoms with Gasteiger partial charge in [0.15, 0.2) is 0 Å². The maximum atomic E-state index is 5.86. The maximum absolute atomic E-state index is 5.86. The summed E-state index contributed by atoms with van der Waals surface area (Å²) < 4.78 is 6.96. The Kier molecular flexibility index (Phi) is 1.41. The number of rotatable bonds is 0. The predicted molar refractivity (Wildman–Crippen MR) is 60.0 cm³/mol. The average Bonchev–Trinajstić information content (AvgIpc) is 2.74. The van der Waals surface area contributed by atoms with Crippen molar-refractivity contribution in [1.82, 2.24) is 0 Å². The largest absolute Gasteiger partial charge is 0.490 e. The number of benzene rings is 1. The summed E-state index contributed by atoms with van der Waals surface area (Å²) in [5.41, 5.74) is 8.37. The van der Waals surface area contributed by atoms with Crippen molar-refractivity contribution in [3.8, 4) is 5.75 Å². The third kappa shape index (κ3) is 0.936. The highest BCUT2D eigenvalue weighted by Gasteiger charge is 2.52. The standard InChI is InChI=1S/C10H10INO/c11-6-1-2-7(12)9-8(6)10(3-4-10)5-13-9/h1-2H,3-5,12H2. The van der Waals surface area contributed by atoms with E-state index in [1.54, 1.807) is 0 Å². The summed E-state index contributed by atoms with van der Waals surface area (Å²) in [7, 11) is 0. The fourth-order valence-electron chi connectivity index (χ4n) is 2.05. The lowest BCUT2D eigenvalue weighted by Gasteiger charge is -2.07. The van der Waals surface area contributed by atoms with E-state index in [-0.39, 0.29) is 0 Å². The van der Waals surface area contributed by atoms with Crippen molar-refractivity contribution in [3.63, 3.8) is 0 Å². The van der Waals surface area contributed by atoms with Crippen molar-refractivity contribution < 1.29 is 4.74 Å². The van der Waals surface area contributed by atoms with Crippen LogP contribution in [0.15, 0.2) is 12.1 Å². The first-order valence-corrected chi connectivity index (χ1v) is 5.52. The van der Waals surface area contributed by atoms with Crippen LogP contribution >= 0.6 is 22.6 Å². The van der Waals surface area contributed by atoms with Gasteiger partial charge in [0.25, 0.3) is 0 Å². The summed E-state index contributed by atoms with van der Waals surface area (Å²) >= 11 is 2.37. The Morgan fingerprint density at radius 2 is 2.15 bits per heavy atom. The molecule has 2 nitrogen and oxygen atoms in total. The predicted octanol–water partition coefficient (Wildman–Crippen LogP) is 2.30. The van der Waals surface area contributed by atoms with Crippen LogP contribution in [0.25, 0.3) is 0 Å². The van der Waals surface area contributed by atoms with E-state index >= 15 is 0 Å². The summed E-state index contributed by atoms with van der Waals surface area (Å²) in [6.07, 6.45) is 2.53. The van der Waals surface area contributed by atoms with Crippen LogP contribution in [0.2, 0.25) is 0 Å². The molecule has 1 saturated carbocycles. The van der Waals surface area contributed by atoms with Gasteiger partial charge in [0.05, 0.1) is 12.3 Å². The van der Waals surface area contributed by atoms with Gasteiger partial charge < -0.3 is 10.5 Å². The zero-order valence-electron chi connectivity index (χ0n) is 7.14. The number of ether oxygens (including phenoxy) is 1. The minimum Gasteiger partial charge on any atom is -0.490 e. The maximum Gasteiger partial charge on any atom is 0.147 e. The van der Waals surface area contributed by atoms with E-state index in [2.05, 4.69) is 28.7 Å². The molecular weight excluding hydrogens is 277 g/mol. The Bertz CT molecular complexity index is 385. The summed E-state index contributed by atoms with van der Waals surface area (Å²) in [6, 6.07) is 4.02. The van der Waals surface area contributed by atoms with Gasteiger partial charge in [0, 0.05) is 14.5 Å². The van der Waals surface area contributed by atoms with Crippen LogP contribution in [0, 0.1) is 3.57 Å². The molecule has 68 valence electrons. The Hall–Kier alpha value is -0.450. The van der Waals surface area contributed by atoms with Gasteiger partial charge in [-0.1, -0.05) is 0 Å². The molecule has 2 aliphatic rings. The zero-order valence-corrected chi connectivity index (χ0v) is 9.30. The topological polar surface area (TPSA) is 35.2 Å². The van der Waals surface area contributed by atoms with Crippen molar-refractivity contribution in [3.05, 3.63) is 21.3 Å². The zero-order chi connectivity index (χ0) is 9.05. The molecule has 3 heteroatoms. The summed E-state index contributed by atoms with van der Waals surface area (Å²) in [5.74, 6) is 0.949. The van der Waals surface area contributed by atoms with E-state index in [9.17, 15) is 0 Å². The number of anilines is 1.